The van der Waals surface area contributed by atoms with Gasteiger partial charge in [0.2, 0.25) is 0 Å². The number of rotatable bonds is 11. The van der Waals surface area contributed by atoms with Crippen LogP contribution in [0, 0.1) is 0 Å². The van der Waals surface area contributed by atoms with E-state index in [4.69, 9.17) is 20.9 Å². The Morgan fingerprint density at radius 1 is 1.09 bits per heavy atom. The molecule has 0 bridgehead atoms. The molecule has 23 heteroatoms. The number of hydrogen-bond acceptors (Lipinski definition) is 17. The van der Waals surface area contributed by atoms with Gasteiger partial charge in [0.25, 0.3) is 27.8 Å². The van der Waals surface area contributed by atoms with Gasteiger partial charge in [-0.1, -0.05) is 0 Å². The summed E-state index contributed by atoms with van der Waals surface area (Å²) in [7, 11) is -11.2. The Morgan fingerprint density at radius 3 is 2.45 bits per heavy atom. The molecule has 0 saturated carbocycles. The molecule has 234 valence electrons. The maximum atomic E-state index is 12.3. The molecule has 0 aromatic carbocycles. The summed E-state index contributed by atoms with van der Waals surface area (Å²) in [5.74, 6) is -0.646. The van der Waals surface area contributed by atoms with Crippen molar-refractivity contribution >= 4 is 38.5 Å². The summed E-state index contributed by atoms with van der Waals surface area (Å²) in [6, 6.07) is 2.83. The molecule has 2 aliphatic heterocycles. The second-order valence-corrected chi connectivity index (χ2v) is 12.5. The number of aliphatic hydroxyl groups excluding tert-OH is 3. The second kappa shape index (κ2) is 13.8. The van der Waals surface area contributed by atoms with Crippen LogP contribution in [0.2, 0.25) is 0 Å². The number of carbonyl (C=O) groups excluding carboxylic acids is 1. The van der Waals surface area contributed by atoms with Crippen molar-refractivity contribution in [2.45, 2.75) is 49.4 Å². The summed E-state index contributed by atoms with van der Waals surface area (Å²) in [4.78, 5) is 47.9. The van der Waals surface area contributed by atoms with Crippen molar-refractivity contribution in [3.63, 3.8) is 0 Å². The van der Waals surface area contributed by atoms with E-state index in [9.17, 15) is 39.0 Å². The first kappa shape index (κ1) is 34.9. The van der Waals surface area contributed by atoms with Crippen molar-refractivity contribution in [1.29, 1.82) is 0 Å². The Hall–Kier alpha value is -1.97. The van der Waals surface area contributed by atoms with Crippen LogP contribution in [0.4, 0.5) is 5.82 Å². The quantitative estimate of drug-likeness (QED) is 0.0720. The third-order valence-electron chi connectivity index (χ3n) is 6.63. The number of amides is 1. The Kier molecular flexibility index (Phi) is 10.9. The van der Waals surface area contributed by atoms with E-state index in [0.717, 1.165) is 0 Å². The Labute approximate surface area is 270 Å². The number of ether oxygens (including phenoxy) is 2. The Bertz CT molecular complexity index is 1600. The summed E-state index contributed by atoms with van der Waals surface area (Å²) < 4.78 is 51.5. The molecule has 0 spiro atoms. The summed E-state index contributed by atoms with van der Waals surface area (Å²) >= 11 is 0. The van der Waals surface area contributed by atoms with Gasteiger partial charge in [-0.15, -0.1) is 0 Å². The Balaban J connectivity index is 0.00000442. The van der Waals surface area contributed by atoms with Gasteiger partial charge in [-0.3, -0.25) is 18.5 Å². The van der Waals surface area contributed by atoms with Gasteiger partial charge in [0.15, 0.2) is 30.0 Å². The molecule has 5 heterocycles. The van der Waals surface area contributed by atoms with Crippen LogP contribution < -0.4 is 55.4 Å². The van der Waals surface area contributed by atoms with Crippen LogP contribution in [0.3, 0.4) is 0 Å². The molecule has 2 fully saturated rings. The number of anilines is 1. The first-order chi connectivity index (χ1) is 20.2. The van der Waals surface area contributed by atoms with Crippen molar-refractivity contribution in [1.82, 2.24) is 19.5 Å². The minimum atomic E-state index is -5.62. The number of carbonyl (C=O) groups is 1. The maximum Gasteiger partial charge on any atom is 1.00 e. The van der Waals surface area contributed by atoms with Gasteiger partial charge >= 0.3 is 29.6 Å². The standard InChI is InChI=1S/C21H27N7O13P2.Na/c22-18-15-20(25-8-24-18)28(9-26-15)14-4-11(29)12(39-14)6-37-42(33,34)41-43(35,36)38-7-13-16(30)17(31)21(40-13)27-3-1-2-10(5-27)19(23)32;/h1-3,5,8-9,11-14,16-17,21,29-31H,4,6-7H2,(H5-,22,23,24,25,32,33,34,35,36);/q;+1/p-1/t11-,12+,13+,14+,16+,17+,21+;/m0./s1. The zero-order valence-electron chi connectivity index (χ0n) is 22.8. The van der Waals surface area contributed by atoms with Gasteiger partial charge < -0.3 is 55.1 Å². The minimum absolute atomic E-state index is 0. The first-order valence-corrected chi connectivity index (χ1v) is 15.4. The predicted molar refractivity (Wildman–Crippen MR) is 134 cm³/mol. The van der Waals surface area contributed by atoms with E-state index >= 15 is 0 Å². The third-order valence-corrected chi connectivity index (χ3v) is 9.16. The molecule has 2 saturated heterocycles. The van der Waals surface area contributed by atoms with Crippen molar-refractivity contribution in [3.8, 4) is 0 Å². The summed E-state index contributed by atoms with van der Waals surface area (Å²) in [5, 5.41) is 31.0. The van der Waals surface area contributed by atoms with Crippen molar-refractivity contribution in [2.75, 3.05) is 18.9 Å². The molecule has 5 rings (SSSR count). The number of nitrogens with zero attached hydrogens (tertiary/aromatic N) is 5. The molecule has 2 aliphatic rings. The van der Waals surface area contributed by atoms with Gasteiger partial charge in [-0.05, 0) is 6.07 Å². The van der Waals surface area contributed by atoms with E-state index < -0.39 is 77.7 Å². The first-order valence-electron chi connectivity index (χ1n) is 12.5. The second-order valence-electron chi connectivity index (χ2n) is 9.53. The normalized spacial score (nSPS) is 29.6. The zero-order valence-corrected chi connectivity index (χ0v) is 26.6. The molecular formula is C21H26N7NaO13P2. The minimum Gasteiger partial charge on any atom is -0.756 e. The van der Waals surface area contributed by atoms with Crippen LogP contribution in [0.25, 0.3) is 11.2 Å². The number of fused-ring (bicyclic) bond motifs is 1. The van der Waals surface area contributed by atoms with Crippen molar-refractivity contribution < 1.29 is 96.0 Å². The average Bonchev–Trinajstić information content (AvgIpc) is 3.62. The zero-order chi connectivity index (χ0) is 31.1. The molecule has 9 atom stereocenters. The average molecular weight is 669 g/mol. The molecule has 3 aromatic rings. The fraction of sp³-hybridized carbons (Fsp3) is 0.476. The van der Waals surface area contributed by atoms with Crippen molar-refractivity contribution in [3.05, 3.63) is 42.7 Å². The fourth-order valence-corrected chi connectivity index (χ4v) is 6.54. The number of aliphatic hydroxyl groups is 3. The number of pyridine rings is 1. The number of nitrogen functional groups attached to an aromatic ring is 1. The number of nitrogens with two attached hydrogens (primary N) is 2. The number of imidazole rings is 1. The fourth-order valence-electron chi connectivity index (χ4n) is 4.53. The smallest absolute Gasteiger partial charge is 0.756 e. The van der Waals surface area contributed by atoms with Crippen LogP contribution in [-0.4, -0.2) is 84.5 Å². The molecule has 7 N–H and O–H groups in total. The van der Waals surface area contributed by atoms with Crippen LogP contribution in [0.1, 0.15) is 29.2 Å². The molecule has 2 unspecified atom stereocenters. The number of primary amides is 1. The number of phosphoric acid groups is 2. The summed E-state index contributed by atoms with van der Waals surface area (Å²) in [6.45, 7) is -1.77. The van der Waals surface area contributed by atoms with E-state index in [0.29, 0.717) is 11.2 Å². The molecule has 0 radical (unpaired) electrons. The van der Waals surface area contributed by atoms with Crippen LogP contribution in [0.15, 0.2) is 37.2 Å². The van der Waals surface area contributed by atoms with Crippen LogP contribution >= 0.6 is 15.6 Å². The number of phosphoric ester groups is 2. The Morgan fingerprint density at radius 2 is 1.77 bits per heavy atom. The number of aromatic nitrogens is 5. The summed E-state index contributed by atoms with van der Waals surface area (Å²) in [5.41, 5.74) is 11.7. The monoisotopic (exact) mass is 669 g/mol. The van der Waals surface area contributed by atoms with E-state index in [-0.39, 0.29) is 47.4 Å². The summed E-state index contributed by atoms with van der Waals surface area (Å²) in [6.07, 6.45) is -4.07. The SMILES string of the molecule is NC(=O)c1ccc[n+]([C@@H]2O[C@H](COP(=O)([O-])OP(=O)([O-])OC[C@H]3O[C@@H](n4cnc5c(N)ncnc54)C[C@@H]3O)[C@@H](O)[C@H]2O)c1.[Na+]. The van der Waals surface area contributed by atoms with E-state index in [1.807, 2.05) is 0 Å². The predicted octanol–water partition coefficient (Wildman–Crippen LogP) is -6.25. The topological polar surface area (TPSA) is 304 Å². The largest absolute Gasteiger partial charge is 1.00 e. The molecule has 1 amide bonds. The molecule has 20 nitrogen and oxygen atoms in total. The molecule has 44 heavy (non-hydrogen) atoms. The molecule has 3 aromatic heterocycles. The van der Waals surface area contributed by atoms with Crippen LogP contribution in [-0.2, 0) is 32.0 Å². The number of hydrogen-bond donors (Lipinski definition) is 5. The van der Waals surface area contributed by atoms with Gasteiger partial charge in [-0.25, -0.2) is 19.3 Å². The molecular weight excluding hydrogens is 643 g/mol. The molecule has 0 aliphatic carbocycles. The third kappa shape index (κ3) is 7.69. The van der Waals surface area contributed by atoms with E-state index in [2.05, 4.69) is 28.3 Å². The van der Waals surface area contributed by atoms with E-state index in [1.165, 1.54) is 46.3 Å². The van der Waals surface area contributed by atoms with Gasteiger partial charge in [0.05, 0.1) is 25.6 Å². The van der Waals surface area contributed by atoms with Gasteiger partial charge in [0.1, 0.15) is 41.9 Å². The van der Waals surface area contributed by atoms with Gasteiger partial charge in [0, 0.05) is 12.5 Å². The maximum absolute atomic E-state index is 12.3. The van der Waals surface area contributed by atoms with E-state index in [1.54, 1.807) is 0 Å². The van der Waals surface area contributed by atoms with Gasteiger partial charge in [-0.2, -0.15) is 4.57 Å². The van der Waals surface area contributed by atoms with Crippen molar-refractivity contribution in [2.24, 2.45) is 5.73 Å². The van der Waals surface area contributed by atoms with Crippen LogP contribution in [0.5, 0.6) is 0 Å².